The first-order valence-electron chi connectivity index (χ1n) is 1.42. The molecule has 0 aliphatic rings. The van der Waals surface area contributed by atoms with Crippen LogP contribution in [0.4, 0.5) is 0 Å². The van der Waals surface area contributed by atoms with Crippen molar-refractivity contribution in [3.8, 4) is 6.07 Å². The molecular weight excluding hydrogens is 101 g/mol. The van der Waals surface area contributed by atoms with E-state index in [2.05, 4.69) is 4.74 Å². The number of nitrogens with zero attached hydrogens (tertiary/aromatic N) is 1. The lowest BCUT2D eigenvalue weighted by molar-refractivity contribution is 0.217. The Labute approximate surface area is 41.3 Å². The zero-order valence-corrected chi connectivity index (χ0v) is 3.90. The van der Waals surface area contributed by atoms with E-state index in [-0.39, 0.29) is 12.7 Å². The van der Waals surface area contributed by atoms with Crippen LogP contribution in [-0.2, 0) is 4.74 Å². The first-order chi connectivity index (χ1) is 2.91. The molecule has 0 aromatic carbocycles. The van der Waals surface area contributed by atoms with Gasteiger partial charge in [-0.2, -0.15) is 5.26 Å². The highest BCUT2D eigenvalue weighted by molar-refractivity contribution is 6.17. The van der Waals surface area contributed by atoms with E-state index in [0.717, 1.165) is 0 Å². The number of nitriles is 1. The molecule has 0 N–H and O–H groups in total. The van der Waals surface area contributed by atoms with Crippen molar-refractivity contribution in [2.45, 2.75) is 0 Å². The molecule has 0 bridgehead atoms. The van der Waals surface area contributed by atoms with Crippen LogP contribution in [0.5, 0.6) is 0 Å². The second-order valence-corrected chi connectivity index (χ2v) is 0.834. The number of ether oxygens (including phenoxy) is 1. The number of halogens is 1. The van der Waals surface area contributed by atoms with E-state index in [0.29, 0.717) is 0 Å². The first-order valence-corrected chi connectivity index (χ1v) is 1.96. The third-order valence-electron chi connectivity index (χ3n) is 0.244. The fourth-order valence-corrected chi connectivity index (χ4v) is 0.161. The minimum absolute atomic E-state index is 0.0868. The largest absolute Gasteiger partial charge is 0.351 e. The topological polar surface area (TPSA) is 33.0 Å². The Morgan fingerprint density at radius 3 is 2.67 bits per heavy atom. The van der Waals surface area contributed by atoms with Gasteiger partial charge in [-0.3, -0.25) is 0 Å². The summed E-state index contributed by atoms with van der Waals surface area (Å²) in [7, 11) is 0. The third kappa shape index (κ3) is 3.74. The molecule has 0 aromatic rings. The van der Waals surface area contributed by atoms with Gasteiger partial charge >= 0.3 is 0 Å². The van der Waals surface area contributed by atoms with Gasteiger partial charge in [0.05, 0.1) is 6.07 Å². The normalized spacial score (nSPS) is 7.33. The summed E-state index contributed by atoms with van der Waals surface area (Å²) in [6.07, 6.45) is 0. The van der Waals surface area contributed by atoms with Crippen LogP contribution in [0.1, 0.15) is 0 Å². The zero-order chi connectivity index (χ0) is 4.83. The maximum Gasteiger partial charge on any atom is 0.135 e. The van der Waals surface area contributed by atoms with Crippen molar-refractivity contribution in [2.24, 2.45) is 0 Å². The standard InChI is InChI=1S/C3H4ClNO/c4-3-6-2-1-5/h2-3H2. The van der Waals surface area contributed by atoms with Gasteiger partial charge in [0.1, 0.15) is 12.7 Å². The minimum atomic E-state index is 0.0868. The van der Waals surface area contributed by atoms with E-state index in [9.17, 15) is 0 Å². The van der Waals surface area contributed by atoms with Crippen molar-refractivity contribution in [3.05, 3.63) is 0 Å². The van der Waals surface area contributed by atoms with Crippen LogP contribution < -0.4 is 0 Å². The number of hydrogen-bond acceptors (Lipinski definition) is 2. The van der Waals surface area contributed by atoms with Gasteiger partial charge in [-0.1, -0.05) is 11.6 Å². The summed E-state index contributed by atoms with van der Waals surface area (Å²) in [4.78, 5) is 0. The van der Waals surface area contributed by atoms with Crippen molar-refractivity contribution in [1.29, 1.82) is 5.26 Å². The van der Waals surface area contributed by atoms with E-state index >= 15 is 0 Å². The summed E-state index contributed by atoms with van der Waals surface area (Å²) < 4.78 is 4.39. The fourth-order valence-electron chi connectivity index (χ4n) is 0.0842. The van der Waals surface area contributed by atoms with Crippen molar-refractivity contribution in [1.82, 2.24) is 0 Å². The Morgan fingerprint density at radius 1 is 1.83 bits per heavy atom. The van der Waals surface area contributed by atoms with Gasteiger partial charge in [-0.25, -0.2) is 0 Å². The number of alkyl halides is 1. The maximum atomic E-state index is 7.76. The van der Waals surface area contributed by atoms with Gasteiger partial charge in [0.15, 0.2) is 0 Å². The Kier molecular flexibility index (Phi) is 4.53. The van der Waals surface area contributed by atoms with Crippen LogP contribution in [0.25, 0.3) is 0 Å². The van der Waals surface area contributed by atoms with E-state index in [4.69, 9.17) is 16.9 Å². The quantitative estimate of drug-likeness (QED) is 0.383. The van der Waals surface area contributed by atoms with Gasteiger partial charge in [-0.15, -0.1) is 0 Å². The second-order valence-electron chi connectivity index (χ2n) is 0.616. The lowest BCUT2D eigenvalue weighted by Crippen LogP contribution is -1.84. The highest BCUT2D eigenvalue weighted by atomic mass is 35.5. The molecule has 0 aliphatic carbocycles. The van der Waals surface area contributed by atoms with E-state index in [1.165, 1.54) is 0 Å². The summed E-state index contributed by atoms with van der Waals surface area (Å²) in [6, 6.07) is 1.87. The van der Waals surface area contributed by atoms with Crippen LogP contribution in [0, 0.1) is 11.3 Å². The molecule has 0 rings (SSSR count). The van der Waals surface area contributed by atoms with Crippen LogP contribution in [0.15, 0.2) is 0 Å². The van der Waals surface area contributed by atoms with Gasteiger partial charge in [0.25, 0.3) is 0 Å². The predicted octanol–water partition coefficient (Wildman–Crippen LogP) is 0.723. The molecule has 2 nitrogen and oxygen atoms in total. The Hall–Kier alpha value is -0.260. The second kappa shape index (κ2) is 4.74. The molecular formula is C3H4ClNO. The summed E-state index contributed by atoms with van der Waals surface area (Å²) in [6.45, 7) is 0.0868. The SMILES string of the molecule is N#CCOCCl. The van der Waals surface area contributed by atoms with Crippen molar-refractivity contribution < 1.29 is 4.74 Å². The van der Waals surface area contributed by atoms with Crippen LogP contribution in [-0.4, -0.2) is 12.7 Å². The van der Waals surface area contributed by atoms with Crippen LogP contribution >= 0.6 is 11.6 Å². The average Bonchev–Trinajstić information content (AvgIpc) is 1.61. The summed E-state index contributed by atoms with van der Waals surface area (Å²) in [5, 5.41) is 7.76. The van der Waals surface area contributed by atoms with Gasteiger partial charge < -0.3 is 4.74 Å². The first kappa shape index (κ1) is 5.74. The molecule has 0 aromatic heterocycles. The number of hydrogen-bond donors (Lipinski definition) is 0. The molecule has 34 valence electrons. The van der Waals surface area contributed by atoms with E-state index in [1.54, 1.807) is 6.07 Å². The van der Waals surface area contributed by atoms with Gasteiger partial charge in [0.2, 0.25) is 0 Å². The Balaban J connectivity index is 2.54. The third-order valence-corrected chi connectivity index (χ3v) is 0.398. The minimum Gasteiger partial charge on any atom is -0.351 e. The lowest BCUT2D eigenvalue weighted by atomic mass is 10.8. The molecule has 0 spiro atoms. The summed E-state index contributed by atoms with van der Waals surface area (Å²) in [5.74, 6) is 0. The highest BCUT2D eigenvalue weighted by Gasteiger charge is 1.72. The monoisotopic (exact) mass is 105 g/mol. The molecule has 6 heavy (non-hydrogen) atoms. The molecule has 0 unspecified atom stereocenters. The Morgan fingerprint density at radius 2 is 2.50 bits per heavy atom. The summed E-state index contributed by atoms with van der Waals surface area (Å²) >= 11 is 5.01. The van der Waals surface area contributed by atoms with Crippen LogP contribution in [0.3, 0.4) is 0 Å². The highest BCUT2D eigenvalue weighted by Crippen LogP contribution is 1.74. The molecule has 0 heterocycles. The number of rotatable bonds is 2. The zero-order valence-electron chi connectivity index (χ0n) is 3.15. The molecule has 0 atom stereocenters. The molecule has 0 radical (unpaired) electrons. The molecule has 0 fully saturated rings. The average molecular weight is 106 g/mol. The molecule has 0 saturated heterocycles. The maximum absolute atomic E-state index is 7.76. The van der Waals surface area contributed by atoms with Crippen molar-refractivity contribution in [3.63, 3.8) is 0 Å². The van der Waals surface area contributed by atoms with E-state index < -0.39 is 0 Å². The van der Waals surface area contributed by atoms with E-state index in [1.807, 2.05) is 0 Å². The van der Waals surface area contributed by atoms with Crippen LogP contribution in [0.2, 0.25) is 0 Å². The smallest absolute Gasteiger partial charge is 0.135 e. The van der Waals surface area contributed by atoms with Crippen molar-refractivity contribution >= 4 is 11.6 Å². The molecule has 3 heteroatoms. The van der Waals surface area contributed by atoms with Crippen molar-refractivity contribution in [2.75, 3.05) is 12.7 Å². The Bertz CT molecular complexity index is 58.3. The molecule has 0 amide bonds. The fraction of sp³-hybridized carbons (Fsp3) is 0.667. The van der Waals surface area contributed by atoms with Gasteiger partial charge in [-0.05, 0) is 0 Å². The molecule has 0 saturated carbocycles. The summed E-state index contributed by atoms with van der Waals surface area (Å²) in [5.41, 5.74) is 0. The lowest BCUT2D eigenvalue weighted by Gasteiger charge is -1.82. The predicted molar refractivity (Wildman–Crippen MR) is 22.3 cm³/mol. The van der Waals surface area contributed by atoms with Gasteiger partial charge in [0, 0.05) is 0 Å². The molecule has 0 aliphatic heterocycles.